The number of amides is 1. The lowest BCUT2D eigenvalue weighted by Gasteiger charge is -2.20. The normalized spacial score (nSPS) is 14.7. The van der Waals surface area contributed by atoms with E-state index in [-0.39, 0.29) is 11.8 Å². The maximum Gasteiger partial charge on any atom is 0.228 e. The molecule has 1 fully saturated rings. The average Bonchev–Trinajstić information content (AvgIpc) is 3.20. The topological polar surface area (TPSA) is 102 Å². The second-order valence-electron chi connectivity index (χ2n) is 7.62. The second kappa shape index (κ2) is 9.21. The van der Waals surface area contributed by atoms with E-state index in [1.807, 2.05) is 6.07 Å². The predicted molar refractivity (Wildman–Crippen MR) is 115 cm³/mol. The van der Waals surface area contributed by atoms with Crippen LogP contribution in [0.1, 0.15) is 38.0 Å². The SMILES string of the molecule is COCCNc1c(-c2cnc(C)o2)cnc2cnc(NC(=O)C3CCCCC3)cc12. The summed E-state index contributed by atoms with van der Waals surface area (Å²) in [4.78, 5) is 25.8. The van der Waals surface area contributed by atoms with Gasteiger partial charge in [-0.2, -0.15) is 0 Å². The molecule has 1 amide bonds. The molecule has 1 aliphatic carbocycles. The van der Waals surface area contributed by atoms with E-state index in [2.05, 4.69) is 25.6 Å². The summed E-state index contributed by atoms with van der Waals surface area (Å²) in [6.45, 7) is 2.97. The molecular formula is C22H27N5O3. The lowest BCUT2D eigenvalue weighted by atomic mass is 9.89. The van der Waals surface area contributed by atoms with Gasteiger partial charge in [0.25, 0.3) is 0 Å². The van der Waals surface area contributed by atoms with Gasteiger partial charge in [0.05, 0.1) is 35.8 Å². The van der Waals surface area contributed by atoms with Crippen molar-refractivity contribution in [1.29, 1.82) is 0 Å². The molecule has 0 aromatic carbocycles. The first-order valence-electron chi connectivity index (χ1n) is 10.4. The van der Waals surface area contributed by atoms with Crippen LogP contribution >= 0.6 is 0 Å². The molecule has 2 N–H and O–H groups in total. The Morgan fingerprint density at radius 3 is 2.73 bits per heavy atom. The quantitative estimate of drug-likeness (QED) is 0.565. The average molecular weight is 409 g/mol. The van der Waals surface area contributed by atoms with Crippen LogP contribution in [0.15, 0.2) is 29.1 Å². The van der Waals surface area contributed by atoms with Crippen molar-refractivity contribution in [2.24, 2.45) is 5.92 Å². The fourth-order valence-electron chi connectivity index (χ4n) is 3.90. The van der Waals surface area contributed by atoms with Crippen LogP contribution < -0.4 is 10.6 Å². The summed E-state index contributed by atoms with van der Waals surface area (Å²) in [5, 5.41) is 7.26. The summed E-state index contributed by atoms with van der Waals surface area (Å²) in [5.74, 6) is 1.86. The summed E-state index contributed by atoms with van der Waals surface area (Å²) in [7, 11) is 1.66. The van der Waals surface area contributed by atoms with E-state index in [0.717, 1.165) is 47.8 Å². The summed E-state index contributed by atoms with van der Waals surface area (Å²) in [6.07, 6.45) is 10.4. The van der Waals surface area contributed by atoms with Gasteiger partial charge in [-0.05, 0) is 18.9 Å². The van der Waals surface area contributed by atoms with Crippen molar-refractivity contribution in [3.05, 3.63) is 30.5 Å². The highest BCUT2D eigenvalue weighted by atomic mass is 16.5. The second-order valence-corrected chi connectivity index (χ2v) is 7.62. The van der Waals surface area contributed by atoms with Crippen LogP contribution in [0.25, 0.3) is 22.2 Å². The first-order valence-corrected chi connectivity index (χ1v) is 10.4. The largest absolute Gasteiger partial charge is 0.441 e. The number of pyridine rings is 2. The number of aryl methyl sites for hydroxylation is 1. The molecule has 0 radical (unpaired) electrons. The minimum atomic E-state index is 0.0467. The molecule has 1 aliphatic rings. The smallest absolute Gasteiger partial charge is 0.228 e. The summed E-state index contributed by atoms with van der Waals surface area (Å²) < 4.78 is 10.9. The fourth-order valence-corrected chi connectivity index (χ4v) is 3.90. The van der Waals surface area contributed by atoms with Gasteiger partial charge in [0.1, 0.15) is 5.82 Å². The molecule has 8 nitrogen and oxygen atoms in total. The Kier molecular flexibility index (Phi) is 6.23. The number of carbonyl (C=O) groups excluding carboxylic acids is 1. The predicted octanol–water partition coefficient (Wildman–Crippen LogP) is 4.17. The fraction of sp³-hybridized carbons (Fsp3) is 0.455. The highest BCUT2D eigenvalue weighted by Gasteiger charge is 2.22. The van der Waals surface area contributed by atoms with E-state index < -0.39 is 0 Å². The van der Waals surface area contributed by atoms with Crippen molar-refractivity contribution in [3.8, 4) is 11.3 Å². The van der Waals surface area contributed by atoms with E-state index in [1.54, 1.807) is 32.6 Å². The molecule has 8 heteroatoms. The van der Waals surface area contributed by atoms with Gasteiger partial charge >= 0.3 is 0 Å². The molecule has 3 aromatic heterocycles. The maximum atomic E-state index is 12.7. The van der Waals surface area contributed by atoms with E-state index in [1.165, 1.54) is 6.42 Å². The van der Waals surface area contributed by atoms with E-state index in [4.69, 9.17) is 9.15 Å². The number of carbonyl (C=O) groups is 1. The first-order chi connectivity index (χ1) is 14.7. The van der Waals surface area contributed by atoms with Crippen molar-refractivity contribution in [1.82, 2.24) is 15.0 Å². The van der Waals surface area contributed by atoms with Crippen LogP contribution in [0, 0.1) is 12.8 Å². The molecule has 4 rings (SSSR count). The molecule has 1 saturated carbocycles. The Morgan fingerprint density at radius 1 is 1.17 bits per heavy atom. The number of oxazole rings is 1. The van der Waals surface area contributed by atoms with E-state index in [9.17, 15) is 4.79 Å². The molecule has 0 saturated heterocycles. The number of hydrogen-bond donors (Lipinski definition) is 2. The van der Waals surface area contributed by atoms with Crippen LogP contribution in [0.3, 0.4) is 0 Å². The molecule has 0 atom stereocenters. The third kappa shape index (κ3) is 4.43. The van der Waals surface area contributed by atoms with Crippen molar-refractivity contribution in [2.75, 3.05) is 30.9 Å². The van der Waals surface area contributed by atoms with Crippen LogP contribution in [0.5, 0.6) is 0 Å². The third-order valence-corrected chi connectivity index (χ3v) is 5.48. The molecule has 158 valence electrons. The minimum Gasteiger partial charge on any atom is -0.441 e. The molecule has 0 unspecified atom stereocenters. The number of ether oxygens (including phenoxy) is 1. The van der Waals surface area contributed by atoms with Crippen LogP contribution in [-0.4, -0.2) is 41.1 Å². The Labute approximate surface area is 175 Å². The number of methoxy groups -OCH3 is 1. The number of rotatable bonds is 7. The zero-order valence-corrected chi connectivity index (χ0v) is 17.4. The number of fused-ring (bicyclic) bond motifs is 1. The molecular weight excluding hydrogens is 382 g/mol. The third-order valence-electron chi connectivity index (χ3n) is 5.48. The standard InChI is InChI=1S/C22H27N5O3/c1-14-24-13-19(30-14)17-11-25-18-12-26-20(10-16(18)21(17)23-8-9-29-2)27-22(28)15-6-4-3-5-7-15/h10-13,15H,3-9H2,1-2H3,(H,23,25)(H,26,27,28). The number of hydrogen-bond acceptors (Lipinski definition) is 7. The van der Waals surface area contributed by atoms with E-state index >= 15 is 0 Å². The van der Waals surface area contributed by atoms with Gasteiger partial charge in [-0.1, -0.05) is 19.3 Å². The number of aromatic nitrogens is 3. The highest BCUT2D eigenvalue weighted by molar-refractivity contribution is 6.01. The van der Waals surface area contributed by atoms with Crippen molar-refractivity contribution >= 4 is 28.3 Å². The zero-order chi connectivity index (χ0) is 20.9. The van der Waals surface area contributed by atoms with Gasteiger partial charge in [0.2, 0.25) is 5.91 Å². The number of nitrogens with zero attached hydrogens (tertiary/aromatic N) is 3. The van der Waals surface area contributed by atoms with Crippen LogP contribution in [0.2, 0.25) is 0 Å². The maximum absolute atomic E-state index is 12.7. The highest BCUT2D eigenvalue weighted by Crippen LogP contribution is 2.35. The first kappa shape index (κ1) is 20.3. The van der Waals surface area contributed by atoms with Crippen molar-refractivity contribution in [2.45, 2.75) is 39.0 Å². The van der Waals surface area contributed by atoms with Gasteiger partial charge in [0, 0.05) is 38.1 Å². The molecule has 0 spiro atoms. The Morgan fingerprint density at radius 2 is 2.00 bits per heavy atom. The van der Waals surface area contributed by atoms with Crippen molar-refractivity contribution < 1.29 is 13.9 Å². The molecule has 0 aliphatic heterocycles. The molecule has 3 heterocycles. The van der Waals surface area contributed by atoms with Gasteiger partial charge < -0.3 is 19.8 Å². The van der Waals surface area contributed by atoms with Gasteiger partial charge in [-0.15, -0.1) is 0 Å². The monoisotopic (exact) mass is 409 g/mol. The number of anilines is 2. The molecule has 30 heavy (non-hydrogen) atoms. The number of nitrogens with one attached hydrogen (secondary N) is 2. The Bertz CT molecular complexity index is 1030. The van der Waals surface area contributed by atoms with Gasteiger partial charge in [-0.25, -0.2) is 9.97 Å². The summed E-state index contributed by atoms with van der Waals surface area (Å²) >= 11 is 0. The van der Waals surface area contributed by atoms with E-state index in [0.29, 0.717) is 30.6 Å². The summed E-state index contributed by atoms with van der Waals surface area (Å²) in [6, 6.07) is 1.87. The zero-order valence-electron chi connectivity index (χ0n) is 17.4. The van der Waals surface area contributed by atoms with Crippen molar-refractivity contribution in [3.63, 3.8) is 0 Å². The van der Waals surface area contributed by atoms with Gasteiger partial charge in [-0.3, -0.25) is 9.78 Å². The summed E-state index contributed by atoms with van der Waals surface area (Å²) in [5.41, 5.74) is 2.38. The Balaban J connectivity index is 1.69. The molecule has 3 aromatic rings. The minimum absolute atomic E-state index is 0.0467. The van der Waals surface area contributed by atoms with Crippen LogP contribution in [0.4, 0.5) is 11.5 Å². The van der Waals surface area contributed by atoms with Crippen LogP contribution in [-0.2, 0) is 9.53 Å². The molecule has 0 bridgehead atoms. The Hall–Kier alpha value is -3.00. The lowest BCUT2D eigenvalue weighted by molar-refractivity contribution is -0.120. The van der Waals surface area contributed by atoms with Gasteiger partial charge in [0.15, 0.2) is 11.7 Å². The lowest BCUT2D eigenvalue weighted by Crippen LogP contribution is -2.25.